The normalized spacial score (nSPS) is 13.9. The van der Waals surface area contributed by atoms with Crippen LogP contribution in [-0.2, 0) is 4.79 Å². The van der Waals surface area contributed by atoms with Crippen LogP contribution in [0, 0.1) is 5.21 Å². The lowest BCUT2D eigenvalue weighted by Crippen LogP contribution is -2.41. The van der Waals surface area contributed by atoms with Gasteiger partial charge in [-0.3, -0.25) is 9.69 Å². The fraction of sp³-hybridized carbons (Fsp3) is 0.308. The van der Waals surface area contributed by atoms with Crippen molar-refractivity contribution < 1.29 is 14.3 Å². The van der Waals surface area contributed by atoms with Crippen molar-refractivity contribution in [3.8, 4) is 5.75 Å². The van der Waals surface area contributed by atoms with E-state index >= 15 is 0 Å². The monoisotopic (exact) mass is 463 g/mol. The van der Waals surface area contributed by atoms with Crippen LogP contribution in [0.2, 0.25) is 0 Å². The maximum Gasteiger partial charge on any atom is 0.279 e. The maximum atomic E-state index is 12.6. The van der Waals surface area contributed by atoms with Crippen LogP contribution in [0.15, 0.2) is 77.8 Å². The largest absolute Gasteiger partial charge is 0.711 e. The molecule has 0 saturated heterocycles. The Labute approximate surface area is 199 Å². The smallest absolute Gasteiger partial charge is 0.279 e. The van der Waals surface area contributed by atoms with E-state index in [1.807, 2.05) is 48.0 Å². The third kappa shape index (κ3) is 5.42. The highest BCUT2D eigenvalue weighted by Crippen LogP contribution is 2.42. The van der Waals surface area contributed by atoms with Gasteiger partial charge in [-0.2, -0.15) is 0 Å². The first-order valence-electron chi connectivity index (χ1n) is 11.2. The molecule has 0 bridgehead atoms. The molecule has 0 fully saturated rings. The zero-order valence-corrected chi connectivity index (χ0v) is 19.8. The minimum absolute atomic E-state index is 0.0418. The molecular weight excluding hydrogens is 434 g/mol. The molecule has 7 heteroatoms. The lowest BCUT2D eigenvalue weighted by molar-refractivity contribution is -0.592. The van der Waals surface area contributed by atoms with Crippen molar-refractivity contribution in [3.63, 3.8) is 0 Å². The number of ether oxygens (including phenoxy) is 1. The van der Waals surface area contributed by atoms with E-state index in [0.29, 0.717) is 24.2 Å². The van der Waals surface area contributed by atoms with E-state index in [4.69, 9.17) is 4.74 Å². The Morgan fingerprint density at radius 3 is 2.70 bits per heavy atom. The van der Waals surface area contributed by atoms with Crippen molar-refractivity contribution in [2.75, 3.05) is 36.5 Å². The van der Waals surface area contributed by atoms with Crippen LogP contribution in [-0.4, -0.2) is 32.7 Å². The van der Waals surface area contributed by atoms with Crippen molar-refractivity contribution in [2.24, 2.45) is 0 Å². The first-order chi connectivity index (χ1) is 16.1. The number of anilines is 2. The zero-order valence-electron chi connectivity index (χ0n) is 19.0. The second kappa shape index (κ2) is 10.6. The standard InChI is InChI=1S/C26H29N3O3S/c1-3-24(20-10-5-4-6-11-20)33-21-13-14-22-23(18-21)32-19-26(30)28(22)16-9-15-27(2)25-12-7-8-17-29(25)31/h4-8,10-14,17-18,24H,3,9,15-16,19H2,1-2H3. The highest BCUT2D eigenvalue weighted by molar-refractivity contribution is 7.99. The van der Waals surface area contributed by atoms with Gasteiger partial charge in [0.2, 0.25) is 0 Å². The van der Waals surface area contributed by atoms with Gasteiger partial charge in [0.15, 0.2) is 6.61 Å². The van der Waals surface area contributed by atoms with Crippen molar-refractivity contribution in [2.45, 2.75) is 29.9 Å². The molecule has 0 saturated carbocycles. The second-order valence-corrected chi connectivity index (χ2v) is 9.32. The van der Waals surface area contributed by atoms with Gasteiger partial charge in [0.05, 0.1) is 25.5 Å². The van der Waals surface area contributed by atoms with Crippen LogP contribution in [0.25, 0.3) is 0 Å². The van der Waals surface area contributed by atoms with Crippen LogP contribution in [0.4, 0.5) is 11.5 Å². The number of pyridine rings is 1. The molecule has 1 aromatic heterocycles. The van der Waals surface area contributed by atoms with Crippen LogP contribution in [0.1, 0.15) is 30.6 Å². The molecular formula is C26H29N3O3S. The topological polar surface area (TPSA) is 59.7 Å². The molecule has 33 heavy (non-hydrogen) atoms. The Balaban J connectivity index is 1.42. The van der Waals surface area contributed by atoms with Crippen molar-refractivity contribution in [1.29, 1.82) is 0 Å². The molecule has 2 aromatic carbocycles. The second-order valence-electron chi connectivity index (χ2n) is 8.05. The van der Waals surface area contributed by atoms with Gasteiger partial charge >= 0.3 is 0 Å². The Morgan fingerprint density at radius 2 is 1.94 bits per heavy atom. The molecule has 1 unspecified atom stereocenters. The van der Waals surface area contributed by atoms with Crippen molar-refractivity contribution >= 4 is 29.2 Å². The summed E-state index contributed by atoms with van der Waals surface area (Å²) in [6, 6.07) is 22.0. The summed E-state index contributed by atoms with van der Waals surface area (Å²) in [5.41, 5.74) is 2.12. The molecule has 1 aliphatic heterocycles. The number of hydrogen-bond donors (Lipinski definition) is 0. The number of fused-ring (bicyclic) bond motifs is 1. The predicted octanol–water partition coefficient (Wildman–Crippen LogP) is 4.82. The summed E-state index contributed by atoms with van der Waals surface area (Å²) in [7, 11) is 1.89. The number of hydrogen-bond acceptors (Lipinski definition) is 5. The third-order valence-corrected chi connectivity index (χ3v) is 7.18. The minimum Gasteiger partial charge on any atom is -0.711 e. The van der Waals surface area contributed by atoms with Crippen molar-refractivity contribution in [1.82, 2.24) is 0 Å². The van der Waals surface area contributed by atoms with Gasteiger partial charge in [-0.05, 0) is 36.2 Å². The molecule has 1 aliphatic rings. The molecule has 4 rings (SSSR count). The van der Waals surface area contributed by atoms with Gasteiger partial charge in [-0.15, -0.1) is 11.8 Å². The fourth-order valence-electron chi connectivity index (χ4n) is 4.02. The molecule has 0 aliphatic carbocycles. The van der Waals surface area contributed by atoms with Gasteiger partial charge in [0, 0.05) is 29.2 Å². The molecule has 0 N–H and O–H groups in total. The van der Waals surface area contributed by atoms with E-state index < -0.39 is 0 Å². The lowest BCUT2D eigenvalue weighted by atomic mass is 10.1. The quantitative estimate of drug-likeness (QED) is 0.259. The number of carbonyl (C=O) groups excluding carboxylic acids is 1. The SMILES string of the molecule is CCC(Sc1ccc2c(c1)OCC(=O)N2CCCN(C)c1cccc[n+]1[O-])c1ccccc1. The van der Waals surface area contributed by atoms with E-state index in [1.54, 1.807) is 17.0 Å². The predicted molar refractivity (Wildman–Crippen MR) is 133 cm³/mol. The van der Waals surface area contributed by atoms with E-state index in [9.17, 15) is 10.0 Å². The van der Waals surface area contributed by atoms with Gasteiger partial charge in [-0.1, -0.05) is 43.3 Å². The molecule has 0 radical (unpaired) electrons. The van der Waals surface area contributed by atoms with Gasteiger partial charge < -0.3 is 14.8 Å². The maximum absolute atomic E-state index is 12.6. The first kappa shape index (κ1) is 23.0. The summed E-state index contributed by atoms with van der Waals surface area (Å²) in [5, 5.41) is 12.3. The Bertz CT molecular complexity index is 1090. The highest BCUT2D eigenvalue weighted by atomic mass is 32.2. The first-order valence-corrected chi connectivity index (χ1v) is 12.1. The number of rotatable bonds is 9. The summed E-state index contributed by atoms with van der Waals surface area (Å²) in [5.74, 6) is 1.30. The summed E-state index contributed by atoms with van der Waals surface area (Å²) >= 11 is 1.82. The number of benzene rings is 2. The van der Waals surface area contributed by atoms with Crippen LogP contribution < -0.4 is 19.3 Å². The molecule has 2 heterocycles. The summed E-state index contributed by atoms with van der Waals surface area (Å²) in [4.78, 5) is 17.4. The summed E-state index contributed by atoms with van der Waals surface area (Å²) < 4.78 is 6.63. The number of carbonyl (C=O) groups is 1. The molecule has 0 spiro atoms. The summed E-state index contributed by atoms with van der Waals surface area (Å²) in [6.07, 6.45) is 3.25. The Hall–Kier alpha value is -3.19. The Morgan fingerprint density at radius 1 is 1.15 bits per heavy atom. The molecule has 172 valence electrons. The average Bonchev–Trinajstić information content (AvgIpc) is 2.84. The van der Waals surface area contributed by atoms with Crippen LogP contribution >= 0.6 is 11.8 Å². The van der Waals surface area contributed by atoms with Crippen LogP contribution in [0.5, 0.6) is 5.75 Å². The van der Waals surface area contributed by atoms with Crippen LogP contribution in [0.3, 0.4) is 0 Å². The highest BCUT2D eigenvalue weighted by Gasteiger charge is 2.26. The van der Waals surface area contributed by atoms with E-state index in [2.05, 4.69) is 37.3 Å². The van der Waals surface area contributed by atoms with E-state index in [0.717, 1.165) is 33.9 Å². The van der Waals surface area contributed by atoms with Gasteiger partial charge in [-0.25, -0.2) is 4.73 Å². The minimum atomic E-state index is -0.0418. The fourth-order valence-corrected chi connectivity index (χ4v) is 5.13. The van der Waals surface area contributed by atoms with E-state index in [1.165, 1.54) is 11.8 Å². The van der Waals surface area contributed by atoms with Crippen molar-refractivity contribution in [3.05, 3.63) is 83.7 Å². The number of nitrogens with zero attached hydrogens (tertiary/aromatic N) is 3. The molecule has 1 amide bonds. The number of amides is 1. The molecule has 3 aromatic rings. The van der Waals surface area contributed by atoms with E-state index in [-0.39, 0.29) is 12.5 Å². The van der Waals surface area contributed by atoms with Gasteiger partial charge in [0.25, 0.3) is 11.7 Å². The Kier molecular flexibility index (Phi) is 7.40. The number of aromatic nitrogens is 1. The zero-order chi connectivity index (χ0) is 23.2. The van der Waals surface area contributed by atoms with Gasteiger partial charge in [0.1, 0.15) is 5.75 Å². The average molecular weight is 464 g/mol. The molecule has 1 atom stereocenters. The summed E-state index contributed by atoms with van der Waals surface area (Å²) in [6.45, 7) is 3.47. The molecule has 6 nitrogen and oxygen atoms in total. The number of thioether (sulfide) groups is 1. The third-order valence-electron chi connectivity index (χ3n) is 5.76. The lowest BCUT2D eigenvalue weighted by Gasteiger charge is -2.30.